The molecule has 3 nitrogen and oxygen atoms in total. The van der Waals surface area contributed by atoms with E-state index >= 15 is 0 Å². The van der Waals surface area contributed by atoms with Crippen LogP contribution in [0.25, 0.3) is 0 Å². The van der Waals surface area contributed by atoms with Crippen LogP contribution in [0.2, 0.25) is 0 Å². The Balaban J connectivity index is 1.53. The van der Waals surface area contributed by atoms with Gasteiger partial charge in [0, 0.05) is 0 Å². The number of aliphatic hydroxyl groups is 1. The summed E-state index contributed by atoms with van der Waals surface area (Å²) in [7, 11) is 0. The van der Waals surface area contributed by atoms with E-state index in [0.717, 1.165) is 31.1 Å². The molecule has 0 saturated heterocycles. The first-order valence-corrected chi connectivity index (χ1v) is 13.8. The lowest BCUT2D eigenvalue weighted by Crippen LogP contribution is -2.68. The lowest BCUT2D eigenvalue weighted by molar-refractivity contribution is -0.253. The topological polar surface area (TPSA) is 57.5 Å². The first-order valence-electron chi connectivity index (χ1n) is 13.8. The third-order valence-corrected chi connectivity index (χ3v) is 13.7. The van der Waals surface area contributed by atoms with E-state index in [1.165, 1.54) is 44.1 Å². The van der Waals surface area contributed by atoms with Gasteiger partial charge in [0.15, 0.2) is 0 Å². The number of rotatable bonds is 2. The summed E-state index contributed by atoms with van der Waals surface area (Å²) in [4.78, 5) is 12.5. The van der Waals surface area contributed by atoms with Gasteiger partial charge in [-0.1, -0.05) is 39.8 Å². The Labute approximate surface area is 201 Å². The van der Waals surface area contributed by atoms with E-state index in [4.69, 9.17) is 0 Å². The van der Waals surface area contributed by atoms with Crippen molar-refractivity contribution in [1.82, 2.24) is 0 Å². The number of hydrogen-bond donors (Lipinski definition) is 2. The molecule has 2 N–H and O–H groups in total. The summed E-state index contributed by atoms with van der Waals surface area (Å²) in [6, 6.07) is 0. The van der Waals surface area contributed by atoms with E-state index in [2.05, 4.69) is 41.2 Å². The maximum absolute atomic E-state index is 12.5. The monoisotopic (exact) mass is 456 g/mol. The van der Waals surface area contributed by atoms with Gasteiger partial charge in [0.05, 0.1) is 11.5 Å². The van der Waals surface area contributed by atoms with Gasteiger partial charge in [0.25, 0.3) is 0 Å². The third-order valence-electron chi connectivity index (χ3n) is 13.7. The van der Waals surface area contributed by atoms with Crippen molar-refractivity contribution < 1.29 is 15.0 Å². The lowest BCUT2D eigenvalue weighted by Gasteiger charge is -2.73. The maximum Gasteiger partial charge on any atom is 0.312 e. The molecule has 0 heterocycles. The second-order valence-electron chi connectivity index (χ2n) is 14.4. The Morgan fingerprint density at radius 1 is 0.758 bits per heavy atom. The standard InChI is InChI=1S/C30H48O3/c1-18(2)19-10-14-26(3)20(19)11-16-28(5)21(26)8-9-22-27(4)15-13-24(31)30(7,25(32)33)23(27)12-17-29(22,28)6/h19-24,31H,1,8-17H2,2-7H3,(H,32,33). The molecule has 5 saturated carbocycles. The van der Waals surface area contributed by atoms with Gasteiger partial charge in [0.2, 0.25) is 0 Å². The van der Waals surface area contributed by atoms with Gasteiger partial charge in [-0.15, -0.1) is 0 Å². The molecule has 5 aliphatic rings. The maximum atomic E-state index is 12.5. The van der Waals surface area contributed by atoms with Gasteiger partial charge >= 0.3 is 5.97 Å². The summed E-state index contributed by atoms with van der Waals surface area (Å²) in [6.07, 6.45) is 10.8. The van der Waals surface area contributed by atoms with Crippen molar-refractivity contribution in [3.63, 3.8) is 0 Å². The van der Waals surface area contributed by atoms with E-state index in [0.29, 0.717) is 29.1 Å². The van der Waals surface area contributed by atoms with Gasteiger partial charge in [-0.05, 0) is 129 Å². The van der Waals surface area contributed by atoms with Crippen molar-refractivity contribution >= 4 is 5.97 Å². The van der Waals surface area contributed by atoms with Crippen molar-refractivity contribution in [3.05, 3.63) is 12.2 Å². The Hall–Kier alpha value is -0.830. The molecule has 0 amide bonds. The summed E-state index contributed by atoms with van der Waals surface area (Å²) in [6.45, 7) is 18.8. The average molecular weight is 457 g/mol. The highest BCUT2D eigenvalue weighted by atomic mass is 16.4. The van der Waals surface area contributed by atoms with Crippen LogP contribution in [0.3, 0.4) is 0 Å². The number of aliphatic carboxylic acids is 1. The molecule has 0 spiro atoms. The summed E-state index contributed by atoms with van der Waals surface area (Å²) in [5, 5.41) is 21.1. The number of aliphatic hydroxyl groups excluding tert-OH is 1. The van der Waals surface area contributed by atoms with Crippen LogP contribution in [-0.2, 0) is 4.79 Å². The van der Waals surface area contributed by atoms with Crippen LogP contribution < -0.4 is 0 Å². The largest absolute Gasteiger partial charge is 0.481 e. The molecule has 5 rings (SSSR count). The number of fused-ring (bicyclic) bond motifs is 7. The van der Waals surface area contributed by atoms with Gasteiger partial charge < -0.3 is 10.2 Å². The molecule has 33 heavy (non-hydrogen) atoms. The average Bonchev–Trinajstić information content (AvgIpc) is 3.09. The fourth-order valence-electron chi connectivity index (χ4n) is 11.7. The Kier molecular flexibility index (Phi) is 5.15. The number of carboxylic acids is 1. The molecule has 0 bridgehead atoms. The number of allylic oxidation sites excluding steroid dienone is 1. The molecule has 0 aromatic carbocycles. The molecule has 0 aliphatic heterocycles. The van der Waals surface area contributed by atoms with E-state index in [9.17, 15) is 15.0 Å². The minimum absolute atomic E-state index is 0.00101. The second-order valence-corrected chi connectivity index (χ2v) is 14.4. The highest BCUT2D eigenvalue weighted by molar-refractivity contribution is 5.76. The van der Waals surface area contributed by atoms with Crippen molar-refractivity contribution in [2.24, 2.45) is 56.7 Å². The predicted molar refractivity (Wildman–Crippen MR) is 133 cm³/mol. The molecular formula is C30H48O3. The fourth-order valence-corrected chi connectivity index (χ4v) is 11.7. The molecule has 3 heteroatoms. The summed E-state index contributed by atoms with van der Waals surface area (Å²) in [5.74, 6) is 2.08. The molecule has 0 aromatic heterocycles. The minimum atomic E-state index is -1.02. The van der Waals surface area contributed by atoms with Gasteiger partial charge in [-0.3, -0.25) is 4.79 Å². The Bertz CT molecular complexity index is 865. The van der Waals surface area contributed by atoms with Crippen molar-refractivity contribution in [2.45, 2.75) is 112 Å². The van der Waals surface area contributed by atoms with Crippen LogP contribution in [0, 0.1) is 56.7 Å². The molecule has 0 radical (unpaired) electrons. The normalized spacial score (nSPS) is 57.9. The van der Waals surface area contributed by atoms with Crippen molar-refractivity contribution in [2.75, 3.05) is 0 Å². The molecular weight excluding hydrogens is 408 g/mol. The van der Waals surface area contributed by atoms with E-state index in [-0.39, 0.29) is 16.7 Å². The first-order chi connectivity index (χ1) is 15.3. The zero-order valence-corrected chi connectivity index (χ0v) is 22.0. The Morgan fingerprint density at radius 2 is 1.30 bits per heavy atom. The van der Waals surface area contributed by atoms with Crippen LogP contribution in [0.15, 0.2) is 12.2 Å². The van der Waals surface area contributed by atoms with Crippen molar-refractivity contribution in [3.8, 4) is 0 Å². The van der Waals surface area contributed by atoms with Gasteiger partial charge in [0.1, 0.15) is 0 Å². The minimum Gasteiger partial charge on any atom is -0.481 e. The van der Waals surface area contributed by atoms with Crippen LogP contribution in [0.4, 0.5) is 0 Å². The molecule has 5 fully saturated rings. The quantitative estimate of drug-likeness (QED) is 0.436. The zero-order valence-electron chi connectivity index (χ0n) is 22.0. The van der Waals surface area contributed by atoms with Crippen LogP contribution in [0.5, 0.6) is 0 Å². The molecule has 11 unspecified atom stereocenters. The number of carboxylic acid groups (broad SMARTS) is 1. The molecule has 11 atom stereocenters. The first kappa shape index (κ1) is 23.9. The highest BCUT2D eigenvalue weighted by Crippen LogP contribution is 2.78. The highest BCUT2D eigenvalue weighted by Gasteiger charge is 2.72. The summed E-state index contributed by atoms with van der Waals surface area (Å²) in [5.41, 5.74) is 1.36. The summed E-state index contributed by atoms with van der Waals surface area (Å²) < 4.78 is 0. The zero-order chi connectivity index (χ0) is 24.2. The lowest BCUT2D eigenvalue weighted by atomic mass is 9.31. The van der Waals surface area contributed by atoms with Gasteiger partial charge in [-0.2, -0.15) is 0 Å². The van der Waals surface area contributed by atoms with Crippen LogP contribution in [-0.4, -0.2) is 22.3 Å². The van der Waals surface area contributed by atoms with E-state index < -0.39 is 17.5 Å². The third kappa shape index (κ3) is 2.70. The van der Waals surface area contributed by atoms with Gasteiger partial charge in [-0.25, -0.2) is 0 Å². The molecule has 186 valence electrons. The van der Waals surface area contributed by atoms with E-state index in [1.807, 2.05) is 6.92 Å². The smallest absolute Gasteiger partial charge is 0.312 e. The Morgan fingerprint density at radius 3 is 1.88 bits per heavy atom. The van der Waals surface area contributed by atoms with Crippen LogP contribution >= 0.6 is 0 Å². The molecule has 5 aliphatic carbocycles. The number of hydrogen-bond acceptors (Lipinski definition) is 2. The second kappa shape index (κ2) is 7.11. The van der Waals surface area contributed by atoms with E-state index in [1.54, 1.807) is 0 Å². The number of carbonyl (C=O) groups is 1. The molecule has 0 aromatic rings. The fraction of sp³-hybridized carbons (Fsp3) is 0.900. The van der Waals surface area contributed by atoms with Crippen molar-refractivity contribution in [1.29, 1.82) is 0 Å². The predicted octanol–water partition coefficient (Wildman–Crippen LogP) is 7.09. The SMILES string of the molecule is C=C(C)C1CCC2(C)C1CCC1(C)C2CCC2C3(C)CCC(O)C(C)(C(=O)O)C3CCC21C. The summed E-state index contributed by atoms with van der Waals surface area (Å²) >= 11 is 0. The van der Waals surface area contributed by atoms with Crippen LogP contribution in [0.1, 0.15) is 106 Å².